The first-order valence-electron chi connectivity index (χ1n) is 8.49. The van der Waals surface area contributed by atoms with E-state index >= 15 is 0 Å². The Labute approximate surface area is 164 Å². The van der Waals surface area contributed by atoms with Crippen LogP contribution in [0.25, 0.3) is 22.6 Å². The van der Waals surface area contributed by atoms with Crippen LogP contribution in [0.5, 0.6) is 5.75 Å². The van der Waals surface area contributed by atoms with Crippen molar-refractivity contribution in [3.63, 3.8) is 0 Å². The van der Waals surface area contributed by atoms with E-state index in [1.807, 2.05) is 0 Å². The van der Waals surface area contributed by atoms with Crippen molar-refractivity contribution in [2.24, 2.45) is 0 Å². The molecule has 0 atom stereocenters. The van der Waals surface area contributed by atoms with Crippen molar-refractivity contribution in [1.29, 1.82) is 0 Å². The zero-order valence-electron chi connectivity index (χ0n) is 15.0. The summed E-state index contributed by atoms with van der Waals surface area (Å²) in [5.74, 6) is -2.58. The van der Waals surface area contributed by atoms with Crippen molar-refractivity contribution >= 4 is 17.8 Å². The standard InChI is InChI=1S/C20H16N2O7/c23-16-6-5-13(9-14(16)20(27)28)15-10-17(29-22-15)11-1-3-12(4-2-11)19(26)21-8-7-18(24)25/h1-6,9-10,23H,7-8H2,(H,21,26)(H,24,25)(H,27,28). The average molecular weight is 396 g/mol. The molecule has 148 valence electrons. The number of rotatable bonds is 7. The van der Waals surface area contributed by atoms with Crippen molar-refractivity contribution in [3.8, 4) is 28.3 Å². The third-order valence-corrected chi connectivity index (χ3v) is 4.09. The highest BCUT2D eigenvalue weighted by molar-refractivity contribution is 5.95. The van der Waals surface area contributed by atoms with E-state index in [0.29, 0.717) is 28.1 Å². The quantitative estimate of drug-likeness (QED) is 0.476. The lowest BCUT2D eigenvalue weighted by Gasteiger charge is -2.04. The number of hydrogen-bond donors (Lipinski definition) is 4. The molecule has 1 heterocycles. The maximum atomic E-state index is 12.0. The molecule has 0 aliphatic rings. The van der Waals surface area contributed by atoms with E-state index in [-0.39, 0.29) is 30.2 Å². The molecule has 29 heavy (non-hydrogen) atoms. The first kappa shape index (κ1) is 19.6. The molecule has 0 saturated carbocycles. The Morgan fingerprint density at radius 1 is 0.966 bits per heavy atom. The second-order valence-corrected chi connectivity index (χ2v) is 6.09. The fraction of sp³-hybridized carbons (Fsp3) is 0.100. The highest BCUT2D eigenvalue weighted by Gasteiger charge is 2.15. The van der Waals surface area contributed by atoms with Crippen molar-refractivity contribution in [2.45, 2.75) is 6.42 Å². The minimum atomic E-state index is -1.26. The molecule has 0 aliphatic heterocycles. The fourth-order valence-electron chi connectivity index (χ4n) is 2.58. The van der Waals surface area contributed by atoms with Crippen molar-refractivity contribution in [3.05, 3.63) is 59.7 Å². The van der Waals surface area contributed by atoms with Gasteiger partial charge in [0.05, 0.1) is 6.42 Å². The summed E-state index contributed by atoms with van der Waals surface area (Å²) in [6, 6.07) is 12.1. The van der Waals surface area contributed by atoms with E-state index in [1.165, 1.54) is 18.2 Å². The Balaban J connectivity index is 1.75. The molecule has 0 fully saturated rings. The summed E-state index contributed by atoms with van der Waals surface area (Å²) in [5.41, 5.74) is 1.61. The van der Waals surface area contributed by atoms with Gasteiger partial charge < -0.3 is 25.2 Å². The smallest absolute Gasteiger partial charge is 0.339 e. The van der Waals surface area contributed by atoms with Crippen LogP contribution in [0, 0.1) is 0 Å². The van der Waals surface area contributed by atoms with Gasteiger partial charge in [-0.25, -0.2) is 4.79 Å². The third kappa shape index (κ3) is 4.59. The predicted molar refractivity (Wildman–Crippen MR) is 101 cm³/mol. The number of aromatic hydroxyl groups is 1. The minimum absolute atomic E-state index is 0.0341. The van der Waals surface area contributed by atoms with Crippen molar-refractivity contribution < 1.29 is 34.2 Å². The van der Waals surface area contributed by atoms with Crippen LogP contribution in [-0.4, -0.2) is 44.9 Å². The van der Waals surface area contributed by atoms with Gasteiger partial charge in [0.1, 0.15) is 17.0 Å². The average Bonchev–Trinajstić information content (AvgIpc) is 3.18. The van der Waals surface area contributed by atoms with E-state index < -0.39 is 11.9 Å². The molecule has 1 amide bonds. The summed E-state index contributed by atoms with van der Waals surface area (Å²) < 4.78 is 5.30. The van der Waals surface area contributed by atoms with Gasteiger partial charge in [0.25, 0.3) is 5.91 Å². The van der Waals surface area contributed by atoms with Crippen LogP contribution in [0.2, 0.25) is 0 Å². The van der Waals surface area contributed by atoms with Crippen LogP contribution < -0.4 is 5.32 Å². The van der Waals surface area contributed by atoms with Gasteiger partial charge in [0.2, 0.25) is 0 Å². The molecule has 0 bridgehead atoms. The Hall–Kier alpha value is -4.14. The Bertz CT molecular complexity index is 1070. The summed E-state index contributed by atoms with van der Waals surface area (Å²) in [7, 11) is 0. The monoisotopic (exact) mass is 396 g/mol. The third-order valence-electron chi connectivity index (χ3n) is 4.09. The molecule has 2 aromatic carbocycles. The van der Waals surface area contributed by atoms with E-state index in [9.17, 15) is 19.5 Å². The number of carbonyl (C=O) groups is 3. The van der Waals surface area contributed by atoms with Crippen molar-refractivity contribution in [1.82, 2.24) is 10.5 Å². The Morgan fingerprint density at radius 3 is 2.31 bits per heavy atom. The number of aromatic nitrogens is 1. The van der Waals surface area contributed by atoms with Gasteiger partial charge in [0, 0.05) is 29.3 Å². The van der Waals surface area contributed by atoms with E-state index in [4.69, 9.17) is 14.7 Å². The summed E-state index contributed by atoms with van der Waals surface area (Å²) in [4.78, 5) is 33.6. The Morgan fingerprint density at radius 2 is 1.66 bits per heavy atom. The predicted octanol–water partition coefficient (Wildman–Crippen LogP) is 2.62. The minimum Gasteiger partial charge on any atom is -0.507 e. The lowest BCUT2D eigenvalue weighted by molar-refractivity contribution is -0.136. The van der Waals surface area contributed by atoms with Gasteiger partial charge in [-0.15, -0.1) is 0 Å². The number of nitrogens with one attached hydrogen (secondary N) is 1. The molecule has 9 nitrogen and oxygen atoms in total. The summed E-state index contributed by atoms with van der Waals surface area (Å²) in [5, 5.41) is 33.7. The first-order valence-corrected chi connectivity index (χ1v) is 8.49. The van der Waals surface area contributed by atoms with Gasteiger partial charge in [-0.3, -0.25) is 9.59 Å². The number of phenols is 1. The second-order valence-electron chi connectivity index (χ2n) is 6.09. The summed E-state index contributed by atoms with van der Waals surface area (Å²) >= 11 is 0. The molecule has 0 saturated heterocycles. The molecule has 1 aromatic heterocycles. The molecule has 9 heteroatoms. The fourth-order valence-corrected chi connectivity index (χ4v) is 2.58. The van der Waals surface area contributed by atoms with Crippen LogP contribution >= 0.6 is 0 Å². The number of aliphatic carboxylic acids is 1. The molecule has 0 unspecified atom stereocenters. The number of carbonyl (C=O) groups excluding carboxylic acids is 1. The maximum absolute atomic E-state index is 12.0. The van der Waals surface area contributed by atoms with Gasteiger partial charge in [0.15, 0.2) is 5.76 Å². The number of hydrogen-bond acceptors (Lipinski definition) is 6. The topological polar surface area (TPSA) is 150 Å². The highest BCUT2D eigenvalue weighted by atomic mass is 16.5. The number of amides is 1. The van der Waals surface area contributed by atoms with Crippen LogP contribution in [0.4, 0.5) is 0 Å². The first-order chi connectivity index (χ1) is 13.8. The molecule has 3 rings (SSSR count). The largest absolute Gasteiger partial charge is 0.507 e. The normalized spacial score (nSPS) is 10.5. The number of carboxylic acids is 2. The highest BCUT2D eigenvalue weighted by Crippen LogP contribution is 2.29. The van der Waals surface area contributed by atoms with Gasteiger partial charge in [-0.1, -0.05) is 17.3 Å². The molecule has 4 N–H and O–H groups in total. The Kier molecular flexibility index (Phi) is 5.59. The maximum Gasteiger partial charge on any atom is 0.339 e. The van der Waals surface area contributed by atoms with Crippen LogP contribution in [0.3, 0.4) is 0 Å². The van der Waals surface area contributed by atoms with Gasteiger partial charge in [-0.2, -0.15) is 0 Å². The van der Waals surface area contributed by atoms with Crippen LogP contribution in [0.15, 0.2) is 53.1 Å². The number of carboxylic acid groups (broad SMARTS) is 2. The van der Waals surface area contributed by atoms with Crippen LogP contribution in [0.1, 0.15) is 27.1 Å². The van der Waals surface area contributed by atoms with Crippen molar-refractivity contribution in [2.75, 3.05) is 6.54 Å². The second kappa shape index (κ2) is 8.26. The van der Waals surface area contributed by atoms with E-state index in [0.717, 1.165) is 0 Å². The SMILES string of the molecule is O=C(O)CCNC(=O)c1ccc(-c2cc(-c3ccc(O)c(C(=O)O)c3)no2)cc1. The molecular formula is C20H16N2O7. The van der Waals surface area contributed by atoms with Gasteiger partial charge in [-0.05, 0) is 30.3 Å². The molecule has 3 aromatic rings. The van der Waals surface area contributed by atoms with Crippen LogP contribution in [-0.2, 0) is 4.79 Å². The number of nitrogens with zero attached hydrogens (tertiary/aromatic N) is 1. The molecule has 0 aliphatic carbocycles. The lowest BCUT2D eigenvalue weighted by Crippen LogP contribution is -2.25. The van der Waals surface area contributed by atoms with E-state index in [1.54, 1.807) is 30.3 Å². The summed E-state index contributed by atoms with van der Waals surface area (Å²) in [6.45, 7) is 0.0341. The zero-order valence-corrected chi connectivity index (χ0v) is 15.0. The number of aromatic carboxylic acids is 1. The molecular weight excluding hydrogens is 380 g/mol. The zero-order chi connectivity index (χ0) is 21.0. The van der Waals surface area contributed by atoms with Gasteiger partial charge >= 0.3 is 11.9 Å². The lowest BCUT2D eigenvalue weighted by atomic mass is 10.1. The number of benzene rings is 2. The summed E-state index contributed by atoms with van der Waals surface area (Å²) in [6.07, 6.45) is -0.161. The molecule has 0 radical (unpaired) electrons. The van der Waals surface area contributed by atoms with E-state index in [2.05, 4.69) is 10.5 Å². The molecule has 0 spiro atoms.